The Balaban J connectivity index is 1.38. The molecule has 0 aliphatic rings. The SMILES string of the molecule is O=C(Nc1nn(Cc2cccc(F)c2)cc1Cl)c1ccn(COc2ccc(Br)cc2Cl)n1. The van der Waals surface area contributed by atoms with E-state index in [2.05, 4.69) is 31.4 Å². The van der Waals surface area contributed by atoms with Gasteiger partial charge in [0.15, 0.2) is 18.2 Å². The van der Waals surface area contributed by atoms with Crippen LogP contribution in [0.3, 0.4) is 0 Å². The molecule has 2 heterocycles. The van der Waals surface area contributed by atoms with Gasteiger partial charge < -0.3 is 10.1 Å². The highest BCUT2D eigenvalue weighted by Gasteiger charge is 2.15. The molecule has 4 rings (SSSR count). The predicted molar refractivity (Wildman–Crippen MR) is 123 cm³/mol. The lowest BCUT2D eigenvalue weighted by Gasteiger charge is -2.08. The number of benzene rings is 2. The molecule has 2 aromatic heterocycles. The maximum Gasteiger partial charge on any atom is 0.277 e. The van der Waals surface area contributed by atoms with Crippen molar-refractivity contribution in [2.24, 2.45) is 0 Å². The van der Waals surface area contributed by atoms with E-state index in [4.69, 9.17) is 27.9 Å². The number of aromatic nitrogens is 4. The van der Waals surface area contributed by atoms with Gasteiger partial charge in [-0.3, -0.25) is 9.48 Å². The molecule has 0 bridgehead atoms. The Kier molecular flexibility index (Phi) is 6.78. The first-order valence-corrected chi connectivity index (χ1v) is 10.8. The fraction of sp³-hybridized carbons (Fsp3) is 0.0952. The van der Waals surface area contributed by atoms with Crippen LogP contribution in [-0.2, 0) is 13.3 Å². The number of nitrogens with one attached hydrogen (secondary N) is 1. The summed E-state index contributed by atoms with van der Waals surface area (Å²) in [4.78, 5) is 12.5. The van der Waals surface area contributed by atoms with Gasteiger partial charge in [0.05, 0.1) is 11.6 Å². The highest BCUT2D eigenvalue weighted by atomic mass is 79.9. The van der Waals surface area contributed by atoms with Crippen LogP contribution in [-0.4, -0.2) is 25.5 Å². The molecule has 0 unspecified atom stereocenters. The monoisotopic (exact) mass is 537 g/mol. The van der Waals surface area contributed by atoms with Gasteiger partial charge in [-0.25, -0.2) is 9.07 Å². The molecule has 164 valence electrons. The van der Waals surface area contributed by atoms with Crippen LogP contribution < -0.4 is 10.1 Å². The van der Waals surface area contributed by atoms with E-state index in [0.29, 0.717) is 22.9 Å². The van der Waals surface area contributed by atoms with Crippen LogP contribution >= 0.6 is 39.1 Å². The van der Waals surface area contributed by atoms with Gasteiger partial charge in [-0.05, 0) is 42.0 Å². The van der Waals surface area contributed by atoms with E-state index in [1.165, 1.54) is 21.5 Å². The second-order valence-electron chi connectivity index (χ2n) is 6.70. The average molecular weight is 539 g/mol. The van der Waals surface area contributed by atoms with E-state index in [1.807, 2.05) is 0 Å². The van der Waals surface area contributed by atoms with E-state index in [-0.39, 0.29) is 29.1 Å². The van der Waals surface area contributed by atoms with Crippen molar-refractivity contribution in [3.05, 3.63) is 92.5 Å². The Bertz CT molecular complexity index is 1280. The second-order valence-corrected chi connectivity index (χ2v) is 8.43. The highest BCUT2D eigenvalue weighted by molar-refractivity contribution is 9.10. The molecule has 2 aromatic carbocycles. The van der Waals surface area contributed by atoms with Gasteiger partial charge in [0.25, 0.3) is 5.91 Å². The van der Waals surface area contributed by atoms with Crippen molar-refractivity contribution in [2.45, 2.75) is 13.3 Å². The fourth-order valence-electron chi connectivity index (χ4n) is 2.84. The van der Waals surface area contributed by atoms with Crippen LogP contribution in [0.25, 0.3) is 0 Å². The number of rotatable bonds is 7. The Morgan fingerprint density at radius 3 is 2.72 bits per heavy atom. The normalized spacial score (nSPS) is 10.9. The maximum absolute atomic E-state index is 13.4. The first-order valence-electron chi connectivity index (χ1n) is 9.27. The zero-order valence-corrected chi connectivity index (χ0v) is 19.4. The van der Waals surface area contributed by atoms with Crippen LogP contribution in [0.15, 0.2) is 65.4 Å². The molecular formula is C21H15BrCl2FN5O2. The number of ether oxygens (including phenoxy) is 1. The molecule has 0 atom stereocenters. The molecule has 1 N–H and O–H groups in total. The van der Waals surface area contributed by atoms with Crippen LogP contribution in [0.2, 0.25) is 10.0 Å². The van der Waals surface area contributed by atoms with Crippen molar-refractivity contribution >= 4 is 50.9 Å². The lowest BCUT2D eigenvalue weighted by Crippen LogP contribution is -2.15. The third kappa shape index (κ3) is 5.48. The molecule has 0 fully saturated rings. The first-order chi connectivity index (χ1) is 15.4. The molecule has 7 nitrogen and oxygen atoms in total. The predicted octanol–water partition coefficient (Wildman–Crippen LogP) is 5.63. The largest absolute Gasteiger partial charge is 0.470 e. The number of amides is 1. The van der Waals surface area contributed by atoms with Crippen LogP contribution in [0, 0.1) is 5.82 Å². The summed E-state index contributed by atoms with van der Waals surface area (Å²) in [5.74, 6) is -0.146. The second kappa shape index (κ2) is 9.72. The molecular weight excluding hydrogens is 524 g/mol. The molecule has 32 heavy (non-hydrogen) atoms. The van der Waals surface area contributed by atoms with Gasteiger partial charge >= 0.3 is 0 Å². The summed E-state index contributed by atoms with van der Waals surface area (Å²) in [5.41, 5.74) is 0.873. The van der Waals surface area contributed by atoms with E-state index < -0.39 is 5.91 Å². The molecule has 0 radical (unpaired) electrons. The third-order valence-corrected chi connectivity index (χ3v) is 5.37. The summed E-state index contributed by atoms with van der Waals surface area (Å²) < 4.78 is 22.8. The number of carbonyl (C=O) groups excluding carboxylic acids is 1. The molecule has 11 heteroatoms. The van der Waals surface area contributed by atoms with Crippen molar-refractivity contribution in [1.29, 1.82) is 0 Å². The van der Waals surface area contributed by atoms with Crippen LogP contribution in [0.5, 0.6) is 5.75 Å². The minimum atomic E-state index is -0.483. The highest BCUT2D eigenvalue weighted by Crippen LogP contribution is 2.28. The Hall–Kier alpha value is -2.88. The molecule has 0 saturated heterocycles. The van der Waals surface area contributed by atoms with Gasteiger partial charge in [-0.15, -0.1) is 0 Å². The maximum atomic E-state index is 13.4. The number of halogens is 4. The number of carbonyl (C=O) groups is 1. The third-order valence-electron chi connectivity index (χ3n) is 4.30. The van der Waals surface area contributed by atoms with Gasteiger partial charge in [-0.2, -0.15) is 10.2 Å². The Morgan fingerprint density at radius 1 is 1.09 bits per heavy atom. The Morgan fingerprint density at radius 2 is 1.94 bits per heavy atom. The van der Waals surface area contributed by atoms with Gasteiger partial charge in [0.1, 0.15) is 16.6 Å². The van der Waals surface area contributed by atoms with Crippen molar-refractivity contribution in [1.82, 2.24) is 19.6 Å². The van der Waals surface area contributed by atoms with Gasteiger partial charge in [0.2, 0.25) is 0 Å². The fourth-order valence-corrected chi connectivity index (χ4v) is 3.77. The van der Waals surface area contributed by atoms with Crippen LogP contribution in [0.4, 0.5) is 10.2 Å². The summed E-state index contributed by atoms with van der Waals surface area (Å²) in [6.07, 6.45) is 3.16. The van der Waals surface area contributed by atoms with Crippen LogP contribution in [0.1, 0.15) is 16.1 Å². The number of nitrogens with zero attached hydrogens (tertiary/aromatic N) is 4. The molecule has 0 aliphatic carbocycles. The zero-order valence-electron chi connectivity index (χ0n) is 16.3. The number of anilines is 1. The molecule has 1 amide bonds. The van der Waals surface area contributed by atoms with E-state index in [0.717, 1.165) is 4.47 Å². The topological polar surface area (TPSA) is 74.0 Å². The summed E-state index contributed by atoms with van der Waals surface area (Å²) in [6, 6.07) is 12.9. The molecule has 0 aliphatic heterocycles. The summed E-state index contributed by atoms with van der Waals surface area (Å²) >= 11 is 15.6. The van der Waals surface area contributed by atoms with Crippen molar-refractivity contribution in [2.75, 3.05) is 5.32 Å². The van der Waals surface area contributed by atoms with Crippen molar-refractivity contribution in [3.63, 3.8) is 0 Å². The smallest absolute Gasteiger partial charge is 0.277 e. The summed E-state index contributed by atoms with van der Waals surface area (Å²) in [5, 5.41) is 11.8. The quantitative estimate of drug-likeness (QED) is 0.331. The van der Waals surface area contributed by atoms with E-state index >= 15 is 0 Å². The minimum absolute atomic E-state index is 0.0671. The number of hydrogen-bond donors (Lipinski definition) is 1. The van der Waals surface area contributed by atoms with Gasteiger partial charge in [0, 0.05) is 16.9 Å². The van der Waals surface area contributed by atoms with Crippen molar-refractivity contribution < 1.29 is 13.9 Å². The average Bonchev–Trinajstić information content (AvgIpc) is 3.34. The summed E-state index contributed by atoms with van der Waals surface area (Å²) in [6.45, 7) is 0.371. The van der Waals surface area contributed by atoms with Crippen molar-refractivity contribution in [3.8, 4) is 5.75 Å². The van der Waals surface area contributed by atoms with E-state index in [9.17, 15) is 9.18 Å². The lowest BCUT2D eigenvalue weighted by molar-refractivity contribution is 0.101. The zero-order chi connectivity index (χ0) is 22.7. The summed E-state index contributed by atoms with van der Waals surface area (Å²) in [7, 11) is 0. The molecule has 0 spiro atoms. The first kappa shape index (κ1) is 22.3. The lowest BCUT2D eigenvalue weighted by atomic mass is 10.2. The molecule has 0 saturated carbocycles. The Labute approximate surface area is 200 Å². The minimum Gasteiger partial charge on any atom is -0.470 e. The van der Waals surface area contributed by atoms with Gasteiger partial charge in [-0.1, -0.05) is 51.3 Å². The molecule has 4 aromatic rings. The number of hydrogen-bond acceptors (Lipinski definition) is 4. The standard InChI is InChI=1S/C21H15BrCl2FN5O2/c22-14-4-5-19(16(23)9-14)32-12-29-7-6-18(27-29)21(31)26-20-17(24)11-30(28-20)10-13-2-1-3-15(25)8-13/h1-9,11H,10,12H2,(H,26,28,31). The van der Waals surface area contributed by atoms with E-state index in [1.54, 1.807) is 48.8 Å².